The van der Waals surface area contributed by atoms with E-state index in [0.29, 0.717) is 11.3 Å². The van der Waals surface area contributed by atoms with Gasteiger partial charge in [0.1, 0.15) is 28.4 Å². The molecule has 4 nitrogen and oxygen atoms in total. The van der Waals surface area contributed by atoms with Crippen molar-refractivity contribution in [3.8, 4) is 29.6 Å². The van der Waals surface area contributed by atoms with Gasteiger partial charge in [-0.05, 0) is 31.9 Å². The van der Waals surface area contributed by atoms with Crippen molar-refractivity contribution in [3.05, 3.63) is 23.3 Å². The third-order valence-corrected chi connectivity index (χ3v) is 2.87. The van der Waals surface area contributed by atoms with Gasteiger partial charge in [0.15, 0.2) is 0 Å². The number of phenols is 1. The van der Waals surface area contributed by atoms with E-state index in [4.69, 9.17) is 15.9 Å². The number of hydrogen-bond acceptors (Lipinski definition) is 4. The van der Waals surface area contributed by atoms with E-state index in [-0.39, 0.29) is 17.1 Å². The number of fused-ring (bicyclic) bond motifs is 1. The first-order chi connectivity index (χ1) is 8.89. The summed E-state index contributed by atoms with van der Waals surface area (Å²) in [5.41, 5.74) is -0.0716. The zero-order chi connectivity index (χ0) is 14.2. The average Bonchev–Trinajstić information content (AvgIpc) is 2.36. The third-order valence-electron chi connectivity index (χ3n) is 2.87. The van der Waals surface area contributed by atoms with Crippen LogP contribution in [0.3, 0.4) is 0 Å². The minimum atomic E-state index is -0.629. The fourth-order valence-electron chi connectivity index (χ4n) is 1.94. The molecule has 0 spiro atoms. The predicted molar refractivity (Wildman–Crippen MR) is 71.6 cm³/mol. The molecule has 0 saturated heterocycles. The van der Waals surface area contributed by atoms with Gasteiger partial charge in [-0.2, -0.15) is 0 Å². The van der Waals surface area contributed by atoms with Gasteiger partial charge in [-0.1, -0.05) is 0 Å². The summed E-state index contributed by atoms with van der Waals surface area (Å²) >= 11 is 0. The molecule has 0 radical (unpaired) electrons. The second-order valence-electron chi connectivity index (χ2n) is 4.73. The minimum Gasteiger partial charge on any atom is -0.506 e. The maximum Gasteiger partial charge on any atom is 0.243 e. The Morgan fingerprint density at radius 1 is 1.53 bits per heavy atom. The van der Waals surface area contributed by atoms with Gasteiger partial charge in [-0.3, -0.25) is 4.79 Å². The van der Waals surface area contributed by atoms with Crippen LogP contribution >= 0.6 is 0 Å². The Morgan fingerprint density at radius 3 is 2.79 bits per heavy atom. The topological polar surface area (TPSA) is 55.8 Å². The van der Waals surface area contributed by atoms with Crippen molar-refractivity contribution in [1.29, 1.82) is 0 Å². The first-order valence-corrected chi connectivity index (χ1v) is 5.73. The van der Waals surface area contributed by atoms with Crippen LogP contribution in [-0.4, -0.2) is 23.6 Å². The number of carbonyl (C=O) groups excluding carboxylic acids is 1. The first kappa shape index (κ1) is 13.0. The van der Waals surface area contributed by atoms with E-state index in [0.717, 1.165) is 0 Å². The lowest BCUT2D eigenvalue weighted by Gasteiger charge is -2.29. The van der Waals surface area contributed by atoms with Gasteiger partial charge in [0.2, 0.25) is 5.78 Å². The van der Waals surface area contributed by atoms with Crippen molar-refractivity contribution in [1.82, 2.24) is 0 Å². The van der Waals surface area contributed by atoms with Crippen LogP contribution in [0.4, 0.5) is 0 Å². The number of hydrogen-bond donors (Lipinski definition) is 1. The SMILES string of the molecule is C#CC(=O)c1c(OC)cc2c(c1O)C=CC(C)(C)O2. The fraction of sp³-hybridized carbons (Fsp3) is 0.267. The largest absolute Gasteiger partial charge is 0.506 e. The molecule has 1 heterocycles. The first-order valence-electron chi connectivity index (χ1n) is 5.73. The van der Waals surface area contributed by atoms with E-state index in [1.165, 1.54) is 7.11 Å². The molecular formula is C15H14O4. The lowest BCUT2D eigenvalue weighted by molar-refractivity contribution is 0.105. The average molecular weight is 258 g/mol. The number of methoxy groups -OCH3 is 1. The molecule has 1 aromatic rings. The smallest absolute Gasteiger partial charge is 0.243 e. The monoisotopic (exact) mass is 258 g/mol. The molecule has 0 saturated carbocycles. The normalized spacial score (nSPS) is 15.1. The minimum absolute atomic E-state index is 0.0169. The molecule has 0 fully saturated rings. The number of aromatic hydroxyl groups is 1. The van der Waals surface area contributed by atoms with Gasteiger partial charge in [-0.25, -0.2) is 0 Å². The van der Waals surface area contributed by atoms with Crippen molar-refractivity contribution in [2.24, 2.45) is 0 Å². The third kappa shape index (κ3) is 2.15. The standard InChI is InChI=1S/C15H14O4/c1-5-10(16)13-12(18-4)8-11-9(14(13)17)6-7-15(2,3)19-11/h1,6-8,17H,2-4H3. The molecule has 1 N–H and O–H groups in total. The van der Waals surface area contributed by atoms with Gasteiger partial charge < -0.3 is 14.6 Å². The predicted octanol–water partition coefficient (Wildman–Crippen LogP) is 2.40. The number of ketones is 1. The molecule has 19 heavy (non-hydrogen) atoms. The lowest BCUT2D eigenvalue weighted by Crippen LogP contribution is -2.27. The van der Waals surface area contributed by atoms with E-state index in [2.05, 4.69) is 0 Å². The number of phenolic OH excluding ortho intramolecular Hbond substituents is 1. The summed E-state index contributed by atoms with van der Waals surface area (Å²) in [4.78, 5) is 11.7. The highest BCUT2D eigenvalue weighted by atomic mass is 16.5. The van der Waals surface area contributed by atoms with Crippen LogP contribution < -0.4 is 9.47 Å². The molecule has 2 rings (SSSR count). The van der Waals surface area contributed by atoms with E-state index in [9.17, 15) is 9.90 Å². The van der Waals surface area contributed by atoms with Crippen molar-refractivity contribution in [2.75, 3.05) is 7.11 Å². The summed E-state index contributed by atoms with van der Waals surface area (Å²) in [7, 11) is 1.40. The van der Waals surface area contributed by atoms with E-state index in [1.54, 1.807) is 18.2 Å². The second kappa shape index (κ2) is 4.36. The zero-order valence-corrected chi connectivity index (χ0v) is 11.0. The number of ether oxygens (including phenoxy) is 2. The fourth-order valence-corrected chi connectivity index (χ4v) is 1.94. The van der Waals surface area contributed by atoms with Gasteiger partial charge in [-0.15, -0.1) is 6.42 Å². The van der Waals surface area contributed by atoms with Crippen LogP contribution in [-0.2, 0) is 0 Å². The second-order valence-corrected chi connectivity index (χ2v) is 4.73. The zero-order valence-electron chi connectivity index (χ0n) is 11.0. The van der Waals surface area contributed by atoms with Gasteiger partial charge in [0.05, 0.1) is 12.7 Å². The molecule has 4 heteroatoms. The summed E-state index contributed by atoms with van der Waals surface area (Å²) in [6.07, 6.45) is 8.61. The summed E-state index contributed by atoms with van der Waals surface area (Å²) in [6.45, 7) is 3.77. The van der Waals surface area contributed by atoms with Crippen molar-refractivity contribution < 1.29 is 19.4 Å². The Balaban J connectivity index is 2.69. The Kier molecular flexibility index (Phi) is 2.99. The summed E-state index contributed by atoms with van der Waals surface area (Å²) in [6, 6.07) is 1.56. The van der Waals surface area contributed by atoms with Gasteiger partial charge in [0.25, 0.3) is 0 Å². The molecule has 1 aromatic carbocycles. The highest BCUT2D eigenvalue weighted by Crippen LogP contribution is 2.43. The molecule has 0 aliphatic carbocycles. The van der Waals surface area contributed by atoms with E-state index in [1.807, 2.05) is 19.8 Å². The quantitative estimate of drug-likeness (QED) is 0.503. The Morgan fingerprint density at radius 2 is 2.21 bits per heavy atom. The maximum atomic E-state index is 11.7. The Hall–Kier alpha value is -2.41. The van der Waals surface area contributed by atoms with Gasteiger partial charge in [0, 0.05) is 6.07 Å². The van der Waals surface area contributed by atoms with Crippen LogP contribution in [0.25, 0.3) is 6.08 Å². The van der Waals surface area contributed by atoms with Crippen LogP contribution in [0.1, 0.15) is 29.8 Å². The molecule has 0 unspecified atom stereocenters. The molecule has 98 valence electrons. The summed E-state index contributed by atoms with van der Waals surface area (Å²) in [5, 5.41) is 10.2. The summed E-state index contributed by atoms with van der Waals surface area (Å²) in [5.74, 6) is 1.78. The van der Waals surface area contributed by atoms with Crippen LogP contribution in [0.5, 0.6) is 17.2 Å². The van der Waals surface area contributed by atoms with Crippen molar-refractivity contribution >= 4 is 11.9 Å². The summed E-state index contributed by atoms with van der Waals surface area (Å²) < 4.78 is 10.8. The van der Waals surface area contributed by atoms with Crippen molar-refractivity contribution in [2.45, 2.75) is 19.4 Å². The lowest BCUT2D eigenvalue weighted by atomic mass is 9.97. The molecular weight excluding hydrogens is 244 g/mol. The Bertz CT molecular complexity index is 618. The molecule has 1 aliphatic heterocycles. The van der Waals surface area contributed by atoms with Crippen molar-refractivity contribution in [3.63, 3.8) is 0 Å². The molecule has 0 bridgehead atoms. The van der Waals surface area contributed by atoms with Crippen LogP contribution in [0.15, 0.2) is 12.1 Å². The molecule has 0 amide bonds. The van der Waals surface area contributed by atoms with Crippen LogP contribution in [0.2, 0.25) is 0 Å². The van der Waals surface area contributed by atoms with E-state index >= 15 is 0 Å². The molecule has 1 aliphatic rings. The number of carbonyl (C=O) groups is 1. The molecule has 0 atom stereocenters. The maximum absolute atomic E-state index is 11.7. The number of rotatable bonds is 2. The number of Topliss-reactive ketones (excluding diaryl/α,β-unsaturated/α-hetero) is 1. The van der Waals surface area contributed by atoms with Gasteiger partial charge >= 0.3 is 0 Å². The van der Waals surface area contributed by atoms with E-state index < -0.39 is 11.4 Å². The highest BCUT2D eigenvalue weighted by Gasteiger charge is 2.28. The number of terminal acetylenes is 1. The Labute approximate surface area is 111 Å². The molecule has 0 aromatic heterocycles. The highest BCUT2D eigenvalue weighted by molar-refractivity contribution is 6.13. The number of benzene rings is 1. The van der Waals surface area contributed by atoms with Crippen LogP contribution in [0, 0.1) is 12.3 Å².